The molecule has 0 atom stereocenters. The Kier molecular flexibility index (Phi) is 6.10. The van der Waals surface area contributed by atoms with Gasteiger partial charge in [0.2, 0.25) is 10.0 Å². The molecule has 118 valence electrons. The van der Waals surface area contributed by atoms with Crippen LogP contribution in [0.1, 0.15) is 29.4 Å². The predicted molar refractivity (Wildman–Crippen MR) is 82.5 cm³/mol. The zero-order chi connectivity index (χ0) is 16.0. The van der Waals surface area contributed by atoms with Crippen LogP contribution in [0.25, 0.3) is 0 Å². The summed E-state index contributed by atoms with van der Waals surface area (Å²) in [6, 6.07) is 3.16. The van der Waals surface area contributed by atoms with Crippen LogP contribution in [-0.2, 0) is 16.4 Å². The maximum Gasteiger partial charge on any atom is 0.251 e. The number of nitrogens with zero attached hydrogens (tertiary/aromatic N) is 2. The summed E-state index contributed by atoms with van der Waals surface area (Å²) in [5, 5.41) is 2.58. The van der Waals surface area contributed by atoms with Crippen LogP contribution < -0.4 is 11.1 Å². The number of nitrogens with two attached hydrogens (primary N) is 1. The maximum atomic E-state index is 12.0. The van der Waals surface area contributed by atoms with Gasteiger partial charge in [0.05, 0.1) is 5.75 Å². The molecule has 1 amide bonds. The first-order valence-corrected chi connectivity index (χ1v) is 8.32. The highest BCUT2D eigenvalue weighted by atomic mass is 32.2. The second-order valence-electron chi connectivity index (χ2n) is 4.88. The quantitative estimate of drug-likeness (QED) is 0.750. The van der Waals surface area contributed by atoms with Crippen molar-refractivity contribution in [2.24, 2.45) is 0 Å². The van der Waals surface area contributed by atoms with E-state index in [0.717, 1.165) is 22.8 Å². The van der Waals surface area contributed by atoms with Crippen LogP contribution in [0.2, 0.25) is 0 Å². The van der Waals surface area contributed by atoms with E-state index in [4.69, 9.17) is 5.73 Å². The zero-order valence-corrected chi connectivity index (χ0v) is 13.4. The molecule has 0 aliphatic carbocycles. The third kappa shape index (κ3) is 5.31. The van der Waals surface area contributed by atoms with Crippen LogP contribution in [-0.4, -0.2) is 50.0 Å². The molecular weight excluding hydrogens is 292 g/mol. The number of sulfonamides is 1. The maximum absolute atomic E-state index is 12.0. The molecule has 8 heteroatoms. The summed E-state index contributed by atoms with van der Waals surface area (Å²) in [7, 11) is -0.407. The molecule has 0 fully saturated rings. The van der Waals surface area contributed by atoms with Gasteiger partial charge in [-0.1, -0.05) is 13.3 Å². The van der Waals surface area contributed by atoms with Gasteiger partial charge in [-0.05, 0) is 18.6 Å². The lowest BCUT2D eigenvalue weighted by Crippen LogP contribution is -2.34. The Hall–Kier alpha value is -1.67. The second kappa shape index (κ2) is 7.37. The van der Waals surface area contributed by atoms with Crippen molar-refractivity contribution in [3.63, 3.8) is 0 Å². The van der Waals surface area contributed by atoms with Crippen molar-refractivity contribution in [1.29, 1.82) is 0 Å². The standard InChI is InChI=1S/C13H22N4O3S/c1-4-5-11-8-10(9-12(14)16-11)13(18)15-6-7-21(19,20)17(2)3/h8-9H,4-7H2,1-3H3,(H2,14,16)(H,15,18). The van der Waals surface area contributed by atoms with E-state index < -0.39 is 10.0 Å². The Morgan fingerprint density at radius 3 is 2.62 bits per heavy atom. The van der Waals surface area contributed by atoms with Gasteiger partial charge in [-0.2, -0.15) is 0 Å². The summed E-state index contributed by atoms with van der Waals surface area (Å²) in [5.74, 6) is -0.212. The second-order valence-corrected chi connectivity index (χ2v) is 7.18. The van der Waals surface area contributed by atoms with Gasteiger partial charge < -0.3 is 11.1 Å². The number of aromatic nitrogens is 1. The number of hydrogen-bond acceptors (Lipinski definition) is 5. The minimum atomic E-state index is -3.32. The average Bonchev–Trinajstić information content (AvgIpc) is 2.37. The summed E-state index contributed by atoms with van der Waals surface area (Å²) < 4.78 is 24.3. The highest BCUT2D eigenvalue weighted by Crippen LogP contribution is 2.09. The van der Waals surface area contributed by atoms with Crippen LogP contribution in [0.4, 0.5) is 5.82 Å². The fourth-order valence-electron chi connectivity index (χ4n) is 1.70. The summed E-state index contributed by atoms with van der Waals surface area (Å²) in [4.78, 5) is 16.2. The zero-order valence-electron chi connectivity index (χ0n) is 12.6. The van der Waals surface area contributed by atoms with Gasteiger partial charge >= 0.3 is 0 Å². The molecule has 7 nitrogen and oxygen atoms in total. The molecule has 0 unspecified atom stereocenters. The third-order valence-electron chi connectivity index (χ3n) is 2.87. The van der Waals surface area contributed by atoms with Gasteiger partial charge in [-0.15, -0.1) is 0 Å². The molecule has 0 aliphatic rings. The van der Waals surface area contributed by atoms with E-state index in [2.05, 4.69) is 10.3 Å². The summed E-state index contributed by atoms with van der Waals surface area (Å²) in [6.45, 7) is 2.06. The van der Waals surface area contributed by atoms with Gasteiger partial charge in [0, 0.05) is 31.9 Å². The topological polar surface area (TPSA) is 105 Å². The number of nitrogens with one attached hydrogen (secondary N) is 1. The number of anilines is 1. The molecule has 0 saturated heterocycles. The summed E-state index contributed by atoms with van der Waals surface area (Å²) in [5.41, 5.74) is 6.82. The molecule has 0 spiro atoms. The van der Waals surface area contributed by atoms with Gasteiger partial charge in [-0.25, -0.2) is 17.7 Å². The first-order chi connectivity index (χ1) is 9.76. The SMILES string of the molecule is CCCc1cc(C(=O)NCCS(=O)(=O)N(C)C)cc(N)n1. The van der Waals surface area contributed by atoms with Gasteiger partial charge in [0.25, 0.3) is 5.91 Å². The van der Waals surface area contributed by atoms with Crippen LogP contribution in [0.15, 0.2) is 12.1 Å². The third-order valence-corrected chi connectivity index (χ3v) is 4.70. The Bertz CT molecular complexity index is 599. The molecule has 1 aromatic heterocycles. The monoisotopic (exact) mass is 314 g/mol. The van der Waals surface area contributed by atoms with Crippen molar-refractivity contribution in [3.05, 3.63) is 23.4 Å². The molecule has 1 heterocycles. The van der Waals surface area contributed by atoms with Gasteiger partial charge in [-0.3, -0.25) is 4.79 Å². The summed E-state index contributed by atoms with van der Waals surface area (Å²) in [6.07, 6.45) is 1.64. The normalized spacial score (nSPS) is 11.6. The van der Waals surface area contributed by atoms with Crippen molar-refractivity contribution in [3.8, 4) is 0 Å². The molecular formula is C13H22N4O3S. The van der Waals surface area contributed by atoms with Crippen molar-refractivity contribution in [2.75, 3.05) is 32.1 Å². The smallest absolute Gasteiger partial charge is 0.251 e. The Morgan fingerprint density at radius 2 is 2.05 bits per heavy atom. The molecule has 21 heavy (non-hydrogen) atoms. The highest BCUT2D eigenvalue weighted by molar-refractivity contribution is 7.89. The van der Waals surface area contributed by atoms with Crippen molar-refractivity contribution in [2.45, 2.75) is 19.8 Å². The van der Waals surface area contributed by atoms with E-state index in [1.54, 1.807) is 6.07 Å². The molecule has 1 rings (SSSR count). The van der Waals surface area contributed by atoms with E-state index in [1.165, 1.54) is 20.2 Å². The Labute approximate surface area is 125 Å². The molecule has 0 aromatic carbocycles. The first-order valence-electron chi connectivity index (χ1n) is 6.71. The Balaban J connectivity index is 2.68. The fourth-order valence-corrected chi connectivity index (χ4v) is 2.43. The number of carbonyl (C=O) groups is 1. The number of nitrogen functional groups attached to an aromatic ring is 1. The molecule has 0 saturated carbocycles. The van der Waals surface area contributed by atoms with Crippen molar-refractivity contribution in [1.82, 2.24) is 14.6 Å². The number of aryl methyl sites for hydroxylation is 1. The van der Waals surface area contributed by atoms with Crippen LogP contribution in [0.5, 0.6) is 0 Å². The van der Waals surface area contributed by atoms with Crippen LogP contribution >= 0.6 is 0 Å². The number of carbonyl (C=O) groups excluding carboxylic acids is 1. The average molecular weight is 314 g/mol. The predicted octanol–water partition coefficient (Wildman–Crippen LogP) is 0.238. The van der Waals surface area contributed by atoms with E-state index in [-0.39, 0.29) is 24.0 Å². The van der Waals surface area contributed by atoms with E-state index >= 15 is 0 Å². The largest absolute Gasteiger partial charge is 0.384 e. The highest BCUT2D eigenvalue weighted by Gasteiger charge is 2.14. The molecule has 0 aliphatic heterocycles. The molecule has 1 aromatic rings. The number of amides is 1. The fraction of sp³-hybridized carbons (Fsp3) is 0.538. The minimum Gasteiger partial charge on any atom is -0.384 e. The van der Waals surface area contributed by atoms with Crippen molar-refractivity contribution < 1.29 is 13.2 Å². The van der Waals surface area contributed by atoms with E-state index in [9.17, 15) is 13.2 Å². The molecule has 0 bridgehead atoms. The Morgan fingerprint density at radius 1 is 1.38 bits per heavy atom. The van der Waals surface area contributed by atoms with Crippen LogP contribution in [0, 0.1) is 0 Å². The lowest BCUT2D eigenvalue weighted by Gasteiger charge is -2.12. The van der Waals surface area contributed by atoms with Gasteiger partial charge in [0.1, 0.15) is 5.82 Å². The lowest BCUT2D eigenvalue weighted by atomic mass is 10.1. The molecule has 3 N–H and O–H groups in total. The van der Waals surface area contributed by atoms with E-state index in [1.807, 2.05) is 6.92 Å². The minimum absolute atomic E-state index is 0.0463. The van der Waals surface area contributed by atoms with Crippen LogP contribution in [0.3, 0.4) is 0 Å². The lowest BCUT2D eigenvalue weighted by molar-refractivity contribution is 0.0956. The number of rotatable bonds is 7. The number of hydrogen-bond donors (Lipinski definition) is 2. The van der Waals surface area contributed by atoms with Crippen molar-refractivity contribution >= 4 is 21.7 Å². The molecule has 0 radical (unpaired) electrons. The number of pyridine rings is 1. The first kappa shape index (κ1) is 17.4. The summed E-state index contributed by atoms with van der Waals surface area (Å²) >= 11 is 0. The van der Waals surface area contributed by atoms with E-state index in [0.29, 0.717) is 5.56 Å². The van der Waals surface area contributed by atoms with Gasteiger partial charge in [0.15, 0.2) is 0 Å².